The Morgan fingerprint density at radius 2 is 2.14 bits per heavy atom. The highest BCUT2D eigenvalue weighted by molar-refractivity contribution is 5.67. The van der Waals surface area contributed by atoms with Gasteiger partial charge in [0.25, 0.3) is 0 Å². The van der Waals surface area contributed by atoms with Gasteiger partial charge in [0.05, 0.1) is 6.42 Å². The van der Waals surface area contributed by atoms with E-state index < -0.39 is 5.97 Å². The second kappa shape index (κ2) is 4.78. The Hall–Kier alpha value is -0.570. The van der Waals surface area contributed by atoms with Crippen LogP contribution in [0, 0.1) is 11.8 Å². The van der Waals surface area contributed by atoms with Gasteiger partial charge in [-0.2, -0.15) is 0 Å². The lowest BCUT2D eigenvalue weighted by atomic mass is 9.97. The summed E-state index contributed by atoms with van der Waals surface area (Å²) in [5.41, 5.74) is 0. The molecule has 3 heteroatoms. The lowest BCUT2D eigenvalue weighted by molar-refractivity contribution is -0.137. The number of nitrogens with one attached hydrogen (secondary N) is 1. The van der Waals surface area contributed by atoms with Crippen LogP contribution in [0.15, 0.2) is 0 Å². The second-order valence-electron chi connectivity index (χ2n) is 4.69. The Balaban J connectivity index is 2.33. The molecule has 0 amide bonds. The summed E-state index contributed by atoms with van der Waals surface area (Å²) in [6.45, 7) is 6.47. The molecule has 0 aromatic carbocycles. The standard InChI is InChI=1S/C11H21NO2/c1-7-4-5-10(9(7)3)12-8(2)6-11(13)14/h7-10,12H,4-6H2,1-3H3,(H,13,14). The zero-order valence-corrected chi connectivity index (χ0v) is 9.29. The Labute approximate surface area is 85.9 Å². The molecule has 0 aliphatic heterocycles. The van der Waals surface area contributed by atoms with E-state index in [2.05, 4.69) is 19.2 Å². The molecule has 4 atom stereocenters. The average molecular weight is 199 g/mol. The molecule has 0 spiro atoms. The van der Waals surface area contributed by atoms with Gasteiger partial charge >= 0.3 is 5.97 Å². The van der Waals surface area contributed by atoms with Crippen LogP contribution >= 0.6 is 0 Å². The maximum Gasteiger partial charge on any atom is 0.304 e. The smallest absolute Gasteiger partial charge is 0.304 e. The molecule has 0 bridgehead atoms. The predicted molar refractivity (Wildman–Crippen MR) is 56.2 cm³/mol. The van der Waals surface area contributed by atoms with Crippen LogP contribution in [0.3, 0.4) is 0 Å². The number of hydrogen-bond acceptors (Lipinski definition) is 2. The van der Waals surface area contributed by atoms with Crippen LogP contribution in [0.1, 0.15) is 40.0 Å². The third-order valence-corrected chi connectivity index (χ3v) is 3.44. The number of carbonyl (C=O) groups is 1. The molecule has 0 aromatic heterocycles. The Kier molecular flexibility index (Phi) is 3.93. The van der Waals surface area contributed by atoms with Crippen LogP contribution in [0.5, 0.6) is 0 Å². The normalized spacial score (nSPS) is 34.4. The van der Waals surface area contributed by atoms with Crippen molar-refractivity contribution in [1.82, 2.24) is 5.32 Å². The molecule has 0 radical (unpaired) electrons. The van der Waals surface area contributed by atoms with Crippen LogP contribution in [0.25, 0.3) is 0 Å². The van der Waals surface area contributed by atoms with E-state index >= 15 is 0 Å². The monoisotopic (exact) mass is 199 g/mol. The Bertz CT molecular complexity index is 205. The van der Waals surface area contributed by atoms with Crippen LogP contribution in [0.4, 0.5) is 0 Å². The first-order chi connectivity index (χ1) is 6.50. The number of aliphatic carboxylic acids is 1. The zero-order valence-electron chi connectivity index (χ0n) is 9.29. The molecular weight excluding hydrogens is 178 g/mol. The highest BCUT2D eigenvalue weighted by Gasteiger charge is 2.30. The Morgan fingerprint density at radius 1 is 1.50 bits per heavy atom. The van der Waals surface area contributed by atoms with E-state index in [0.717, 1.165) is 5.92 Å². The summed E-state index contributed by atoms with van der Waals surface area (Å²) in [6, 6.07) is 0.601. The predicted octanol–water partition coefficient (Wildman–Crippen LogP) is 1.87. The highest BCUT2D eigenvalue weighted by atomic mass is 16.4. The molecule has 82 valence electrons. The van der Waals surface area contributed by atoms with Crippen molar-refractivity contribution in [3.05, 3.63) is 0 Å². The van der Waals surface area contributed by atoms with E-state index in [1.807, 2.05) is 6.92 Å². The van der Waals surface area contributed by atoms with Crippen LogP contribution in [-0.4, -0.2) is 23.2 Å². The molecule has 4 unspecified atom stereocenters. The molecule has 14 heavy (non-hydrogen) atoms. The molecule has 0 aromatic rings. The van der Waals surface area contributed by atoms with Crippen molar-refractivity contribution in [2.24, 2.45) is 11.8 Å². The minimum atomic E-state index is -0.719. The molecular formula is C11H21NO2. The molecule has 2 N–H and O–H groups in total. The van der Waals surface area contributed by atoms with Gasteiger partial charge in [-0.1, -0.05) is 13.8 Å². The number of hydrogen-bond donors (Lipinski definition) is 2. The van der Waals surface area contributed by atoms with Crippen LogP contribution < -0.4 is 5.32 Å². The van der Waals surface area contributed by atoms with Gasteiger partial charge in [0.15, 0.2) is 0 Å². The second-order valence-corrected chi connectivity index (χ2v) is 4.69. The minimum absolute atomic E-state index is 0.0882. The molecule has 3 nitrogen and oxygen atoms in total. The van der Waals surface area contributed by atoms with Crippen molar-refractivity contribution in [2.75, 3.05) is 0 Å². The summed E-state index contributed by atoms with van der Waals surface area (Å²) in [4.78, 5) is 10.5. The lowest BCUT2D eigenvalue weighted by Crippen LogP contribution is -2.39. The summed E-state index contributed by atoms with van der Waals surface area (Å²) in [5.74, 6) is 0.722. The van der Waals surface area contributed by atoms with Crippen molar-refractivity contribution in [3.8, 4) is 0 Å². The fourth-order valence-electron chi connectivity index (χ4n) is 2.29. The molecule has 0 saturated heterocycles. The van der Waals surface area contributed by atoms with Gasteiger partial charge in [-0.3, -0.25) is 4.79 Å². The molecule has 1 aliphatic rings. The van der Waals surface area contributed by atoms with E-state index in [1.165, 1.54) is 12.8 Å². The molecule has 0 heterocycles. The van der Waals surface area contributed by atoms with Crippen molar-refractivity contribution in [3.63, 3.8) is 0 Å². The molecule has 1 aliphatic carbocycles. The van der Waals surface area contributed by atoms with Crippen LogP contribution in [0.2, 0.25) is 0 Å². The first-order valence-corrected chi connectivity index (χ1v) is 5.48. The van der Waals surface area contributed by atoms with Gasteiger partial charge in [-0.05, 0) is 31.6 Å². The number of rotatable bonds is 4. The van der Waals surface area contributed by atoms with Gasteiger partial charge in [0.2, 0.25) is 0 Å². The fourth-order valence-corrected chi connectivity index (χ4v) is 2.29. The molecule has 1 rings (SSSR count). The maximum atomic E-state index is 10.5. The maximum absolute atomic E-state index is 10.5. The summed E-state index contributed by atoms with van der Waals surface area (Å²) >= 11 is 0. The van der Waals surface area contributed by atoms with E-state index in [4.69, 9.17) is 5.11 Å². The third kappa shape index (κ3) is 2.98. The van der Waals surface area contributed by atoms with Crippen molar-refractivity contribution in [1.29, 1.82) is 0 Å². The quantitative estimate of drug-likeness (QED) is 0.726. The zero-order chi connectivity index (χ0) is 10.7. The van der Waals surface area contributed by atoms with Gasteiger partial charge < -0.3 is 10.4 Å². The summed E-state index contributed by atoms with van der Waals surface area (Å²) < 4.78 is 0. The lowest BCUT2D eigenvalue weighted by Gasteiger charge is -2.23. The topological polar surface area (TPSA) is 49.3 Å². The van der Waals surface area contributed by atoms with E-state index in [0.29, 0.717) is 12.0 Å². The van der Waals surface area contributed by atoms with Gasteiger partial charge in [-0.15, -0.1) is 0 Å². The molecule has 1 fully saturated rings. The van der Waals surface area contributed by atoms with E-state index in [-0.39, 0.29) is 12.5 Å². The average Bonchev–Trinajstić information content (AvgIpc) is 2.34. The van der Waals surface area contributed by atoms with Gasteiger partial charge in [0.1, 0.15) is 0 Å². The van der Waals surface area contributed by atoms with Gasteiger partial charge in [-0.25, -0.2) is 0 Å². The first kappa shape index (κ1) is 11.5. The first-order valence-electron chi connectivity index (χ1n) is 5.48. The highest BCUT2D eigenvalue weighted by Crippen LogP contribution is 2.31. The van der Waals surface area contributed by atoms with Crippen molar-refractivity contribution in [2.45, 2.75) is 52.1 Å². The molecule has 1 saturated carbocycles. The summed E-state index contributed by atoms with van der Waals surface area (Å²) in [7, 11) is 0. The number of carboxylic acids is 1. The van der Waals surface area contributed by atoms with Gasteiger partial charge in [0, 0.05) is 12.1 Å². The summed E-state index contributed by atoms with van der Waals surface area (Å²) in [6.07, 6.45) is 2.67. The summed E-state index contributed by atoms with van der Waals surface area (Å²) in [5, 5.41) is 12.0. The Morgan fingerprint density at radius 3 is 2.57 bits per heavy atom. The van der Waals surface area contributed by atoms with Crippen molar-refractivity contribution >= 4 is 5.97 Å². The van der Waals surface area contributed by atoms with E-state index in [9.17, 15) is 4.79 Å². The van der Waals surface area contributed by atoms with E-state index in [1.54, 1.807) is 0 Å². The SMILES string of the molecule is CC(CC(=O)O)NC1CCC(C)C1C. The fraction of sp³-hybridized carbons (Fsp3) is 0.909. The third-order valence-electron chi connectivity index (χ3n) is 3.44. The largest absolute Gasteiger partial charge is 0.481 e. The minimum Gasteiger partial charge on any atom is -0.481 e. The van der Waals surface area contributed by atoms with Crippen LogP contribution in [-0.2, 0) is 4.79 Å². The van der Waals surface area contributed by atoms with Crippen molar-refractivity contribution < 1.29 is 9.90 Å². The number of carboxylic acid groups (broad SMARTS) is 1.